The molecule has 2 atom stereocenters. The van der Waals surface area contributed by atoms with E-state index < -0.39 is 41.6 Å². The summed E-state index contributed by atoms with van der Waals surface area (Å²) in [6, 6.07) is 13.1. The van der Waals surface area contributed by atoms with Gasteiger partial charge < -0.3 is 45.5 Å². The van der Waals surface area contributed by atoms with E-state index in [2.05, 4.69) is 26.3 Å². The zero-order valence-electron chi connectivity index (χ0n) is 28.5. The number of hydrogen-bond donors (Lipinski definition) is 5. The van der Waals surface area contributed by atoms with Crippen molar-refractivity contribution in [2.75, 3.05) is 47.0 Å². The first-order valence-electron chi connectivity index (χ1n) is 16.0. The lowest BCUT2D eigenvalue weighted by Crippen LogP contribution is -2.54. The van der Waals surface area contributed by atoms with Gasteiger partial charge in [-0.25, -0.2) is 0 Å². The lowest BCUT2D eigenvalue weighted by Gasteiger charge is -2.25. The summed E-state index contributed by atoms with van der Waals surface area (Å²) in [4.78, 5) is 79.9. The van der Waals surface area contributed by atoms with E-state index in [4.69, 9.17) is 24.1 Å². The SMILES string of the molecule is COc1cc2cc(OC)c1OCCCNC(=O)CN(C(=O)c1ccncc1)CCNC(=O)[C@@H](Cc1ccccc1)NC(=O)[C@H](C)NC2=O.O=CO. The number of amides is 5. The van der Waals surface area contributed by atoms with E-state index in [9.17, 15) is 24.0 Å². The normalized spacial score (nSPS) is 17.7. The minimum Gasteiger partial charge on any atom is -0.493 e. The molecule has 0 saturated carbocycles. The quantitative estimate of drug-likeness (QED) is 0.185. The Labute approximate surface area is 294 Å². The number of hydrogen-bond acceptors (Lipinski definition) is 10. The Morgan fingerprint density at radius 3 is 2.24 bits per heavy atom. The third kappa shape index (κ3) is 12.0. The Balaban J connectivity index is 0.00000226. The summed E-state index contributed by atoms with van der Waals surface area (Å²) in [5, 5.41) is 17.9. The molecule has 3 aromatic rings. The number of nitrogens with one attached hydrogen (secondary N) is 4. The summed E-state index contributed by atoms with van der Waals surface area (Å²) in [6.45, 7) is 1.42. The van der Waals surface area contributed by atoms with Crippen molar-refractivity contribution in [3.05, 3.63) is 83.7 Å². The van der Waals surface area contributed by atoms with Gasteiger partial charge in [-0.1, -0.05) is 30.3 Å². The number of ether oxygens (including phenoxy) is 3. The molecule has 0 saturated heterocycles. The molecule has 2 aliphatic rings. The van der Waals surface area contributed by atoms with Crippen molar-refractivity contribution in [3.8, 4) is 17.2 Å². The largest absolute Gasteiger partial charge is 0.493 e. The van der Waals surface area contributed by atoms with Crippen molar-refractivity contribution in [1.29, 1.82) is 0 Å². The van der Waals surface area contributed by atoms with Gasteiger partial charge >= 0.3 is 0 Å². The van der Waals surface area contributed by atoms with Crippen LogP contribution in [0.5, 0.6) is 17.2 Å². The zero-order valence-corrected chi connectivity index (χ0v) is 28.5. The van der Waals surface area contributed by atoms with Crippen LogP contribution >= 0.6 is 0 Å². The van der Waals surface area contributed by atoms with Crippen molar-refractivity contribution in [1.82, 2.24) is 31.2 Å². The Bertz CT molecular complexity index is 1620. The van der Waals surface area contributed by atoms with Gasteiger partial charge in [0.25, 0.3) is 18.3 Å². The predicted molar refractivity (Wildman–Crippen MR) is 184 cm³/mol. The summed E-state index contributed by atoms with van der Waals surface area (Å²) in [5.41, 5.74) is 1.29. The molecular weight excluding hydrogens is 664 g/mol. The summed E-state index contributed by atoms with van der Waals surface area (Å²) < 4.78 is 16.8. The molecule has 0 spiro atoms. The fraction of sp³-hybridized carbons (Fsp3) is 0.343. The number of carboxylic acid groups (broad SMARTS) is 1. The number of carbonyl (C=O) groups excluding carboxylic acids is 5. The van der Waals surface area contributed by atoms with Crippen LogP contribution in [0, 0.1) is 0 Å². The van der Waals surface area contributed by atoms with Crippen molar-refractivity contribution in [3.63, 3.8) is 0 Å². The summed E-state index contributed by atoms with van der Waals surface area (Å²) >= 11 is 0. The maximum Gasteiger partial charge on any atom is 0.290 e. The first-order chi connectivity index (χ1) is 24.6. The zero-order chi connectivity index (χ0) is 37.2. The minimum absolute atomic E-state index is 0.00347. The van der Waals surface area contributed by atoms with Gasteiger partial charge in [-0.05, 0) is 43.2 Å². The molecule has 2 aromatic carbocycles. The van der Waals surface area contributed by atoms with Crippen LogP contribution in [0.15, 0.2) is 67.0 Å². The lowest BCUT2D eigenvalue weighted by molar-refractivity contribution is -0.129. The van der Waals surface area contributed by atoms with Crippen LogP contribution in [0.1, 0.15) is 39.6 Å². The highest BCUT2D eigenvalue weighted by atomic mass is 16.5. The molecule has 16 nitrogen and oxygen atoms in total. The number of benzene rings is 2. The lowest BCUT2D eigenvalue weighted by atomic mass is 10.0. The summed E-state index contributed by atoms with van der Waals surface area (Å²) in [5.74, 6) is -1.76. The number of pyridine rings is 1. The van der Waals surface area contributed by atoms with Gasteiger partial charge in [-0.3, -0.25) is 33.8 Å². The van der Waals surface area contributed by atoms with E-state index >= 15 is 0 Å². The van der Waals surface area contributed by atoms with Crippen LogP contribution in [0.4, 0.5) is 0 Å². The average molecular weight is 707 g/mol. The van der Waals surface area contributed by atoms with Gasteiger partial charge in [0.05, 0.1) is 27.4 Å². The summed E-state index contributed by atoms with van der Waals surface area (Å²) in [7, 11) is 2.83. The van der Waals surface area contributed by atoms with Gasteiger partial charge in [0.15, 0.2) is 11.5 Å². The average Bonchev–Trinajstić information content (AvgIpc) is 3.14. The van der Waals surface area contributed by atoms with Gasteiger partial charge in [0, 0.05) is 49.6 Å². The highest BCUT2D eigenvalue weighted by Crippen LogP contribution is 2.38. The van der Waals surface area contributed by atoms with Crippen LogP contribution in [0.2, 0.25) is 0 Å². The van der Waals surface area contributed by atoms with Crippen LogP contribution in [0.25, 0.3) is 0 Å². The highest BCUT2D eigenvalue weighted by Gasteiger charge is 2.27. The molecule has 0 unspecified atom stereocenters. The number of carbonyl (C=O) groups is 6. The Hall–Kier alpha value is -6.19. The Morgan fingerprint density at radius 2 is 1.61 bits per heavy atom. The maximum atomic E-state index is 13.5. The third-order valence-electron chi connectivity index (χ3n) is 7.50. The number of rotatable bonds is 5. The highest BCUT2D eigenvalue weighted by molar-refractivity contribution is 5.99. The molecule has 2 aliphatic heterocycles. The molecule has 5 N–H and O–H groups in total. The van der Waals surface area contributed by atoms with E-state index in [1.54, 1.807) is 12.1 Å². The van der Waals surface area contributed by atoms with Gasteiger partial charge in [-0.15, -0.1) is 0 Å². The van der Waals surface area contributed by atoms with Crippen LogP contribution < -0.4 is 35.5 Å². The van der Waals surface area contributed by atoms with E-state index in [0.29, 0.717) is 12.0 Å². The Kier molecular flexibility index (Phi) is 15.7. The predicted octanol–water partition coefficient (Wildman–Crippen LogP) is 0.803. The molecule has 2 bridgehead atoms. The second kappa shape index (κ2) is 20.4. The van der Waals surface area contributed by atoms with Crippen LogP contribution in [0.3, 0.4) is 0 Å². The monoisotopic (exact) mass is 706 g/mol. The van der Waals surface area contributed by atoms with Crippen LogP contribution in [-0.2, 0) is 25.6 Å². The van der Waals surface area contributed by atoms with Gasteiger partial charge in [0.2, 0.25) is 23.5 Å². The van der Waals surface area contributed by atoms with Crippen molar-refractivity contribution in [2.45, 2.75) is 31.8 Å². The molecule has 0 fully saturated rings. The van der Waals surface area contributed by atoms with E-state index in [0.717, 1.165) is 5.56 Å². The van der Waals surface area contributed by atoms with E-state index in [-0.39, 0.29) is 68.5 Å². The molecule has 272 valence electrons. The number of nitrogens with zero attached hydrogens (tertiary/aromatic N) is 2. The molecule has 3 heterocycles. The van der Waals surface area contributed by atoms with Gasteiger partial charge in [0.1, 0.15) is 12.1 Å². The number of aromatic nitrogens is 1. The molecular formula is C35H42N6O10. The topological polar surface area (TPSA) is 215 Å². The fourth-order valence-corrected chi connectivity index (χ4v) is 4.92. The molecule has 5 rings (SSSR count). The number of fused-ring (bicyclic) bond motifs is 19. The molecule has 51 heavy (non-hydrogen) atoms. The number of methoxy groups -OCH3 is 2. The molecule has 5 amide bonds. The van der Waals surface area contributed by atoms with Crippen molar-refractivity contribution >= 4 is 36.0 Å². The molecule has 1 aromatic heterocycles. The maximum absolute atomic E-state index is 13.5. The van der Waals surface area contributed by atoms with Crippen LogP contribution in [-0.4, -0.2) is 110 Å². The molecule has 16 heteroatoms. The van der Waals surface area contributed by atoms with Crippen molar-refractivity contribution < 1.29 is 48.1 Å². The fourth-order valence-electron chi connectivity index (χ4n) is 4.92. The van der Waals surface area contributed by atoms with E-state index in [1.165, 1.54) is 50.6 Å². The summed E-state index contributed by atoms with van der Waals surface area (Å²) in [6.07, 6.45) is 3.52. The standard InChI is InChI=1S/C34H40N6O8.CH2O2/c1-22-31(42)39-26(18-23-8-5-4-6-9-23)33(44)37-15-16-40(34(45)24-10-13-35-14-11-24)21-29(41)36-12-7-17-48-30-27(46-2)19-25(32(43)38-22)20-28(30)47-3;2-1-3/h4-6,8-11,13-14,19-20,22,26H,7,12,15-18,21H2,1-3H3,(H,36,41)(H,37,44)(H,38,43)(H,39,42);1H,(H,2,3)/t22-,26+;/m0./s1. The molecule has 0 radical (unpaired) electrons. The third-order valence-corrected chi connectivity index (χ3v) is 7.50. The first kappa shape index (κ1) is 39.3. The molecule has 0 aliphatic carbocycles. The first-order valence-corrected chi connectivity index (χ1v) is 16.0. The van der Waals surface area contributed by atoms with Crippen molar-refractivity contribution in [2.24, 2.45) is 0 Å². The second-order valence-corrected chi connectivity index (χ2v) is 11.1. The van der Waals surface area contributed by atoms with Gasteiger partial charge in [-0.2, -0.15) is 0 Å². The minimum atomic E-state index is -1.03. The van der Waals surface area contributed by atoms with E-state index in [1.807, 2.05) is 30.3 Å². The smallest absolute Gasteiger partial charge is 0.290 e. The second-order valence-electron chi connectivity index (χ2n) is 11.1. The Morgan fingerprint density at radius 1 is 0.961 bits per heavy atom.